The van der Waals surface area contributed by atoms with Crippen LogP contribution in [-0.4, -0.2) is 25.1 Å². The minimum absolute atomic E-state index is 0.0837. The number of nitrogens with one attached hydrogen (secondary N) is 2. The average Bonchev–Trinajstić information content (AvgIpc) is 2.64. The Morgan fingerprint density at radius 1 is 1.11 bits per heavy atom. The van der Waals surface area contributed by atoms with Crippen molar-refractivity contribution >= 4 is 17.3 Å². The van der Waals surface area contributed by atoms with Gasteiger partial charge in [-0.05, 0) is 24.3 Å². The number of benzene rings is 2. The van der Waals surface area contributed by atoms with E-state index in [9.17, 15) is 28.1 Å². The first-order valence-corrected chi connectivity index (χ1v) is 7.31. The highest BCUT2D eigenvalue weighted by Crippen LogP contribution is 2.34. The quantitative estimate of drug-likeness (QED) is 0.584. The van der Waals surface area contributed by atoms with Crippen molar-refractivity contribution in [2.45, 2.75) is 6.18 Å². The molecule has 0 saturated carbocycles. The van der Waals surface area contributed by atoms with Crippen LogP contribution in [0.1, 0.15) is 15.9 Å². The highest BCUT2D eigenvalue weighted by Gasteiger charge is 2.33. The van der Waals surface area contributed by atoms with E-state index >= 15 is 0 Å². The lowest BCUT2D eigenvalue weighted by atomic mass is 10.1. The molecule has 27 heavy (non-hydrogen) atoms. The number of rotatable bonds is 6. The van der Waals surface area contributed by atoms with Crippen LogP contribution in [0.5, 0.6) is 11.5 Å². The maximum absolute atomic E-state index is 12.7. The van der Waals surface area contributed by atoms with Crippen LogP contribution < -0.4 is 20.3 Å². The van der Waals surface area contributed by atoms with E-state index in [4.69, 9.17) is 9.47 Å². The van der Waals surface area contributed by atoms with Crippen LogP contribution in [0.25, 0.3) is 0 Å². The first kappa shape index (κ1) is 19.8. The zero-order chi connectivity index (χ0) is 20.2. The normalized spacial score (nSPS) is 10.9. The number of amides is 1. The van der Waals surface area contributed by atoms with Crippen LogP contribution in [-0.2, 0) is 6.18 Å². The van der Waals surface area contributed by atoms with Crippen molar-refractivity contribution in [3.05, 3.63) is 57.6 Å². The first-order valence-electron chi connectivity index (χ1n) is 7.31. The molecule has 0 aliphatic rings. The molecule has 2 rings (SSSR count). The van der Waals surface area contributed by atoms with Crippen molar-refractivity contribution in [2.75, 3.05) is 19.6 Å². The lowest BCUT2D eigenvalue weighted by Crippen LogP contribution is -2.30. The maximum atomic E-state index is 12.7. The molecule has 2 aromatic rings. The number of alkyl halides is 3. The third-order valence-electron chi connectivity index (χ3n) is 3.49. The van der Waals surface area contributed by atoms with Crippen LogP contribution in [0, 0.1) is 10.1 Å². The molecule has 2 N–H and O–H groups in total. The van der Waals surface area contributed by atoms with Crippen molar-refractivity contribution in [1.29, 1.82) is 0 Å². The summed E-state index contributed by atoms with van der Waals surface area (Å²) in [5, 5.41) is 11.0. The monoisotopic (exact) mass is 385 g/mol. The summed E-state index contributed by atoms with van der Waals surface area (Å²) >= 11 is 0. The second-order valence-corrected chi connectivity index (χ2v) is 5.13. The van der Waals surface area contributed by atoms with Gasteiger partial charge in [0.2, 0.25) is 0 Å². The standard InChI is InChI=1S/C16H14F3N3O5/c1-26-10-4-5-11(14(8-10)27-2)15(23)21-20-12-6-3-9(16(17,18)19)7-13(12)22(24)25/h3-8,20H,1-2H3,(H,21,23). The van der Waals surface area contributed by atoms with Gasteiger partial charge < -0.3 is 9.47 Å². The van der Waals surface area contributed by atoms with Gasteiger partial charge in [0.05, 0.1) is 30.3 Å². The summed E-state index contributed by atoms with van der Waals surface area (Å²) in [6.45, 7) is 0. The van der Waals surface area contributed by atoms with Gasteiger partial charge in [-0.25, -0.2) is 0 Å². The number of carbonyl (C=O) groups is 1. The number of carbonyl (C=O) groups excluding carboxylic acids is 1. The molecule has 0 radical (unpaired) electrons. The van der Waals surface area contributed by atoms with E-state index in [1.165, 1.54) is 32.4 Å². The van der Waals surface area contributed by atoms with E-state index in [1.807, 2.05) is 0 Å². The molecule has 0 atom stereocenters. The number of methoxy groups -OCH3 is 2. The van der Waals surface area contributed by atoms with Crippen LogP contribution in [0.4, 0.5) is 24.5 Å². The molecule has 0 aliphatic heterocycles. The van der Waals surface area contributed by atoms with Crippen molar-refractivity contribution in [3.8, 4) is 11.5 Å². The number of nitro groups is 1. The molecule has 0 aliphatic carbocycles. The summed E-state index contributed by atoms with van der Waals surface area (Å²) < 4.78 is 48.2. The van der Waals surface area contributed by atoms with Crippen molar-refractivity contribution < 1.29 is 32.4 Å². The summed E-state index contributed by atoms with van der Waals surface area (Å²) in [4.78, 5) is 22.3. The van der Waals surface area contributed by atoms with Crippen LogP contribution >= 0.6 is 0 Å². The highest BCUT2D eigenvalue weighted by molar-refractivity contribution is 5.98. The second kappa shape index (κ2) is 7.81. The van der Waals surface area contributed by atoms with Gasteiger partial charge in [-0.15, -0.1) is 0 Å². The van der Waals surface area contributed by atoms with E-state index in [-0.39, 0.29) is 17.0 Å². The van der Waals surface area contributed by atoms with Crippen LogP contribution in [0.15, 0.2) is 36.4 Å². The number of hydrogen-bond donors (Lipinski definition) is 2. The molecule has 0 unspecified atom stereocenters. The zero-order valence-corrected chi connectivity index (χ0v) is 14.1. The Kier molecular flexibility index (Phi) is 5.73. The molecule has 0 heterocycles. The van der Waals surface area contributed by atoms with Crippen molar-refractivity contribution in [2.24, 2.45) is 0 Å². The zero-order valence-electron chi connectivity index (χ0n) is 14.1. The molecule has 11 heteroatoms. The van der Waals surface area contributed by atoms with E-state index < -0.39 is 28.3 Å². The molecule has 2 aromatic carbocycles. The summed E-state index contributed by atoms with van der Waals surface area (Å²) in [5.74, 6) is -0.103. The van der Waals surface area contributed by atoms with Gasteiger partial charge in [-0.3, -0.25) is 25.8 Å². The van der Waals surface area contributed by atoms with Gasteiger partial charge in [-0.1, -0.05) is 0 Å². The largest absolute Gasteiger partial charge is 0.497 e. The van der Waals surface area contributed by atoms with Crippen molar-refractivity contribution in [1.82, 2.24) is 5.43 Å². The summed E-state index contributed by atoms with van der Waals surface area (Å²) in [6.07, 6.45) is -4.73. The van der Waals surface area contributed by atoms with Gasteiger partial charge in [0.25, 0.3) is 11.6 Å². The topological polar surface area (TPSA) is 103 Å². The minimum atomic E-state index is -4.73. The molecule has 0 bridgehead atoms. The maximum Gasteiger partial charge on any atom is 0.416 e. The number of halogens is 3. The molecule has 8 nitrogen and oxygen atoms in total. The van der Waals surface area contributed by atoms with E-state index in [2.05, 4.69) is 10.9 Å². The average molecular weight is 385 g/mol. The molecular formula is C16H14F3N3O5. The summed E-state index contributed by atoms with van der Waals surface area (Å²) in [5.41, 5.74) is 2.20. The Hall–Kier alpha value is -3.50. The fourth-order valence-electron chi connectivity index (χ4n) is 2.14. The Morgan fingerprint density at radius 2 is 1.81 bits per heavy atom. The van der Waals surface area contributed by atoms with Gasteiger partial charge in [-0.2, -0.15) is 13.2 Å². The number of nitrogens with zero attached hydrogens (tertiary/aromatic N) is 1. The minimum Gasteiger partial charge on any atom is -0.497 e. The van der Waals surface area contributed by atoms with Gasteiger partial charge in [0.1, 0.15) is 17.2 Å². The lowest BCUT2D eigenvalue weighted by molar-refractivity contribution is -0.384. The Labute approximate surface area is 151 Å². The number of hydrogen-bond acceptors (Lipinski definition) is 6. The Morgan fingerprint density at radius 3 is 2.37 bits per heavy atom. The van der Waals surface area contributed by atoms with E-state index in [1.54, 1.807) is 0 Å². The van der Waals surface area contributed by atoms with E-state index in [0.29, 0.717) is 17.9 Å². The number of hydrazine groups is 1. The molecule has 0 fully saturated rings. The molecule has 0 saturated heterocycles. The fourth-order valence-corrected chi connectivity index (χ4v) is 2.14. The van der Waals surface area contributed by atoms with Crippen LogP contribution in [0.2, 0.25) is 0 Å². The van der Waals surface area contributed by atoms with E-state index in [0.717, 1.165) is 6.07 Å². The molecule has 1 amide bonds. The third-order valence-corrected chi connectivity index (χ3v) is 3.49. The number of nitro benzene ring substituents is 1. The Balaban J connectivity index is 2.23. The van der Waals surface area contributed by atoms with Gasteiger partial charge in [0, 0.05) is 12.1 Å². The highest BCUT2D eigenvalue weighted by atomic mass is 19.4. The smallest absolute Gasteiger partial charge is 0.416 e. The first-order chi connectivity index (χ1) is 12.7. The summed E-state index contributed by atoms with van der Waals surface area (Å²) in [6, 6.07) is 6.24. The van der Waals surface area contributed by atoms with Gasteiger partial charge >= 0.3 is 6.18 Å². The lowest BCUT2D eigenvalue weighted by Gasteiger charge is -2.13. The Bertz CT molecular complexity index is 871. The number of anilines is 1. The predicted molar refractivity (Wildman–Crippen MR) is 88.7 cm³/mol. The second-order valence-electron chi connectivity index (χ2n) is 5.13. The third kappa shape index (κ3) is 4.57. The summed E-state index contributed by atoms with van der Waals surface area (Å²) in [7, 11) is 2.76. The van der Waals surface area contributed by atoms with Crippen molar-refractivity contribution in [3.63, 3.8) is 0 Å². The number of ether oxygens (including phenoxy) is 2. The van der Waals surface area contributed by atoms with Crippen LogP contribution in [0.3, 0.4) is 0 Å². The fraction of sp³-hybridized carbons (Fsp3) is 0.188. The van der Waals surface area contributed by atoms with Gasteiger partial charge in [0.15, 0.2) is 0 Å². The molecule has 144 valence electrons. The predicted octanol–water partition coefficient (Wildman–Crippen LogP) is 3.39. The molecular weight excluding hydrogens is 371 g/mol. The SMILES string of the molecule is COc1ccc(C(=O)NNc2ccc(C(F)(F)F)cc2[N+](=O)[O-])c(OC)c1. The molecule has 0 spiro atoms. The molecule has 0 aromatic heterocycles.